The van der Waals surface area contributed by atoms with Gasteiger partial charge in [-0.2, -0.15) is 0 Å². The zero-order chi connectivity index (χ0) is 13.1. The molecular formula is C13H12BrNO2S. The highest BCUT2D eigenvalue weighted by Gasteiger charge is 2.11. The molecule has 5 heteroatoms. The number of rotatable bonds is 4. The van der Waals surface area contributed by atoms with E-state index in [0.29, 0.717) is 17.8 Å². The number of aryl methyl sites for hydroxylation is 1. The first-order chi connectivity index (χ1) is 8.58. The summed E-state index contributed by atoms with van der Waals surface area (Å²) in [6.45, 7) is 2.53. The van der Waals surface area contributed by atoms with Crippen LogP contribution in [0.2, 0.25) is 0 Å². The van der Waals surface area contributed by atoms with Crippen LogP contribution in [-0.2, 0) is 6.54 Å². The molecule has 0 amide bonds. The molecule has 0 saturated carbocycles. The summed E-state index contributed by atoms with van der Waals surface area (Å²) in [5.74, 6) is -0.909. The molecule has 0 bridgehead atoms. The first kappa shape index (κ1) is 13.1. The van der Waals surface area contributed by atoms with Crippen LogP contribution in [0.3, 0.4) is 0 Å². The standard InChI is InChI=1S/C13H12BrNO2S/c1-8-3-2-4-11(13(16)17)12(8)15-6-10-5-9(14)7-18-10/h2-5,7,15H,6H2,1H3,(H,16,17). The molecule has 94 valence electrons. The van der Waals surface area contributed by atoms with Gasteiger partial charge in [0.1, 0.15) is 0 Å². The lowest BCUT2D eigenvalue weighted by molar-refractivity contribution is 0.0698. The van der Waals surface area contributed by atoms with Crippen molar-refractivity contribution in [2.75, 3.05) is 5.32 Å². The lowest BCUT2D eigenvalue weighted by Crippen LogP contribution is -2.07. The Kier molecular flexibility index (Phi) is 4.04. The number of carbonyl (C=O) groups is 1. The van der Waals surface area contributed by atoms with E-state index in [1.165, 1.54) is 0 Å². The van der Waals surface area contributed by atoms with E-state index < -0.39 is 5.97 Å². The summed E-state index contributed by atoms with van der Waals surface area (Å²) < 4.78 is 1.05. The zero-order valence-electron chi connectivity index (χ0n) is 9.74. The molecule has 0 saturated heterocycles. The van der Waals surface area contributed by atoms with Gasteiger partial charge in [0.15, 0.2) is 0 Å². The van der Waals surface area contributed by atoms with Crippen molar-refractivity contribution in [3.63, 3.8) is 0 Å². The molecule has 0 aliphatic heterocycles. The second kappa shape index (κ2) is 5.54. The molecule has 2 aromatic rings. The minimum Gasteiger partial charge on any atom is -0.478 e. The maximum Gasteiger partial charge on any atom is 0.337 e. The van der Waals surface area contributed by atoms with Crippen molar-refractivity contribution in [1.82, 2.24) is 0 Å². The number of hydrogen-bond donors (Lipinski definition) is 2. The van der Waals surface area contributed by atoms with Crippen LogP contribution in [0.25, 0.3) is 0 Å². The lowest BCUT2D eigenvalue weighted by atomic mass is 10.1. The Hall–Kier alpha value is -1.33. The third-order valence-electron chi connectivity index (χ3n) is 2.56. The minimum atomic E-state index is -0.909. The second-order valence-electron chi connectivity index (χ2n) is 3.89. The number of halogens is 1. The Labute approximate surface area is 118 Å². The molecule has 2 N–H and O–H groups in total. The Morgan fingerprint density at radius 3 is 2.89 bits per heavy atom. The van der Waals surface area contributed by atoms with E-state index in [9.17, 15) is 4.79 Å². The first-order valence-corrected chi connectivity index (χ1v) is 7.05. The van der Waals surface area contributed by atoms with Crippen molar-refractivity contribution in [3.05, 3.63) is 50.1 Å². The Balaban J connectivity index is 2.20. The fourth-order valence-electron chi connectivity index (χ4n) is 1.70. The highest BCUT2D eigenvalue weighted by atomic mass is 79.9. The van der Waals surface area contributed by atoms with Crippen LogP contribution in [0.1, 0.15) is 20.8 Å². The predicted molar refractivity (Wildman–Crippen MR) is 77.5 cm³/mol. The number of nitrogens with one attached hydrogen (secondary N) is 1. The molecule has 0 radical (unpaired) electrons. The van der Waals surface area contributed by atoms with Crippen LogP contribution < -0.4 is 5.32 Å². The van der Waals surface area contributed by atoms with Gasteiger partial charge < -0.3 is 10.4 Å². The van der Waals surface area contributed by atoms with Crippen molar-refractivity contribution in [2.45, 2.75) is 13.5 Å². The molecule has 18 heavy (non-hydrogen) atoms. The van der Waals surface area contributed by atoms with E-state index in [4.69, 9.17) is 5.11 Å². The maximum atomic E-state index is 11.1. The minimum absolute atomic E-state index is 0.311. The molecule has 3 nitrogen and oxygen atoms in total. The molecule has 1 aromatic carbocycles. The van der Waals surface area contributed by atoms with Crippen molar-refractivity contribution < 1.29 is 9.90 Å². The SMILES string of the molecule is Cc1cccc(C(=O)O)c1NCc1cc(Br)cs1. The molecule has 0 spiro atoms. The summed E-state index contributed by atoms with van der Waals surface area (Å²) in [6.07, 6.45) is 0. The Morgan fingerprint density at radius 2 is 2.28 bits per heavy atom. The summed E-state index contributed by atoms with van der Waals surface area (Å²) in [5.41, 5.74) is 1.94. The van der Waals surface area contributed by atoms with E-state index in [2.05, 4.69) is 21.2 Å². The molecule has 0 aliphatic carbocycles. The third kappa shape index (κ3) is 2.91. The Bertz CT molecular complexity index is 580. The van der Waals surface area contributed by atoms with Crippen molar-refractivity contribution in [3.8, 4) is 0 Å². The Morgan fingerprint density at radius 1 is 1.50 bits per heavy atom. The van der Waals surface area contributed by atoms with Crippen LogP contribution in [-0.4, -0.2) is 11.1 Å². The fraction of sp³-hybridized carbons (Fsp3) is 0.154. The summed E-state index contributed by atoms with van der Waals surface area (Å²) >= 11 is 5.03. The molecule has 0 unspecified atom stereocenters. The van der Waals surface area contributed by atoms with Crippen molar-refractivity contribution in [2.24, 2.45) is 0 Å². The van der Waals surface area contributed by atoms with Gasteiger partial charge in [0.05, 0.1) is 11.3 Å². The van der Waals surface area contributed by atoms with Crippen molar-refractivity contribution >= 4 is 38.9 Å². The molecule has 0 atom stereocenters. The molecule has 1 heterocycles. The fourth-order valence-corrected chi connectivity index (χ4v) is 3.09. The first-order valence-electron chi connectivity index (χ1n) is 5.37. The van der Waals surface area contributed by atoms with Gasteiger partial charge in [0.2, 0.25) is 0 Å². The van der Waals surface area contributed by atoms with E-state index in [1.807, 2.05) is 24.4 Å². The highest BCUT2D eigenvalue weighted by Crippen LogP contribution is 2.24. The molecule has 1 aromatic heterocycles. The smallest absolute Gasteiger partial charge is 0.337 e. The highest BCUT2D eigenvalue weighted by molar-refractivity contribution is 9.10. The van der Waals surface area contributed by atoms with Crippen LogP contribution in [0.5, 0.6) is 0 Å². The van der Waals surface area contributed by atoms with Crippen LogP contribution in [0.4, 0.5) is 5.69 Å². The monoisotopic (exact) mass is 325 g/mol. The van der Waals surface area contributed by atoms with Crippen LogP contribution in [0.15, 0.2) is 34.1 Å². The number of thiophene rings is 1. The summed E-state index contributed by atoms with van der Waals surface area (Å²) in [4.78, 5) is 12.3. The largest absolute Gasteiger partial charge is 0.478 e. The number of anilines is 1. The van der Waals surface area contributed by atoms with Gasteiger partial charge in [0.25, 0.3) is 0 Å². The number of carboxylic acids is 1. The quantitative estimate of drug-likeness (QED) is 0.888. The normalized spacial score (nSPS) is 10.3. The van der Waals surface area contributed by atoms with E-state index in [0.717, 1.165) is 14.9 Å². The molecule has 0 fully saturated rings. The van der Waals surface area contributed by atoms with Gasteiger partial charge in [-0.05, 0) is 40.5 Å². The topological polar surface area (TPSA) is 49.3 Å². The van der Waals surface area contributed by atoms with Gasteiger partial charge in [-0.3, -0.25) is 0 Å². The number of aromatic carboxylic acids is 1. The lowest BCUT2D eigenvalue weighted by Gasteiger charge is -2.11. The number of hydrogen-bond acceptors (Lipinski definition) is 3. The van der Waals surface area contributed by atoms with Crippen molar-refractivity contribution in [1.29, 1.82) is 0 Å². The summed E-state index contributed by atoms with van der Waals surface area (Å²) in [7, 11) is 0. The van der Waals surface area contributed by atoms with Gasteiger partial charge in [0, 0.05) is 21.3 Å². The average Bonchev–Trinajstić information content (AvgIpc) is 2.73. The average molecular weight is 326 g/mol. The van der Waals surface area contributed by atoms with Gasteiger partial charge >= 0.3 is 5.97 Å². The van der Waals surface area contributed by atoms with Gasteiger partial charge in [-0.25, -0.2) is 4.79 Å². The molecule has 2 rings (SSSR count). The zero-order valence-corrected chi connectivity index (χ0v) is 12.1. The molecule has 0 aliphatic rings. The number of benzene rings is 1. The van der Waals surface area contributed by atoms with E-state index >= 15 is 0 Å². The second-order valence-corrected chi connectivity index (χ2v) is 5.80. The third-order valence-corrected chi connectivity index (χ3v) is 4.26. The van der Waals surface area contributed by atoms with Gasteiger partial charge in [-0.1, -0.05) is 12.1 Å². The van der Waals surface area contributed by atoms with Crippen LogP contribution in [0, 0.1) is 6.92 Å². The van der Waals surface area contributed by atoms with Gasteiger partial charge in [-0.15, -0.1) is 11.3 Å². The predicted octanol–water partition coefficient (Wildman–Crippen LogP) is 4.13. The summed E-state index contributed by atoms with van der Waals surface area (Å²) in [5, 5.41) is 14.4. The number of carboxylic acid groups (broad SMARTS) is 1. The maximum absolute atomic E-state index is 11.1. The number of para-hydroxylation sites is 1. The summed E-state index contributed by atoms with van der Waals surface area (Å²) in [6, 6.07) is 7.29. The molecular weight excluding hydrogens is 314 g/mol. The van der Waals surface area contributed by atoms with E-state index in [1.54, 1.807) is 23.5 Å². The van der Waals surface area contributed by atoms with E-state index in [-0.39, 0.29) is 0 Å². The van der Waals surface area contributed by atoms with Crippen LogP contribution >= 0.6 is 27.3 Å².